The number of aryl methyl sites for hydroxylation is 1. The van der Waals surface area contributed by atoms with Gasteiger partial charge in [-0.15, -0.1) is 0 Å². The molecule has 1 aliphatic heterocycles. The lowest BCUT2D eigenvalue weighted by atomic mass is 9.92. The predicted molar refractivity (Wildman–Crippen MR) is 65.5 cm³/mol. The van der Waals surface area contributed by atoms with E-state index < -0.39 is 0 Å². The minimum atomic E-state index is -0.306. The summed E-state index contributed by atoms with van der Waals surface area (Å²) in [4.78, 5) is 11.0. The molecule has 3 nitrogen and oxygen atoms in total. The van der Waals surface area contributed by atoms with Gasteiger partial charge in [-0.05, 0) is 50.8 Å². The lowest BCUT2D eigenvalue weighted by Gasteiger charge is -2.33. The van der Waals surface area contributed by atoms with E-state index in [1.165, 1.54) is 12.5 Å². The van der Waals surface area contributed by atoms with Gasteiger partial charge in [-0.2, -0.15) is 0 Å². The molecule has 1 heterocycles. The van der Waals surface area contributed by atoms with Crippen LogP contribution in [0.4, 0.5) is 0 Å². The van der Waals surface area contributed by atoms with Crippen LogP contribution < -0.4 is 9.47 Å². The van der Waals surface area contributed by atoms with Gasteiger partial charge in [0.25, 0.3) is 0 Å². The number of fused-ring (bicyclic) bond motifs is 1. The fraction of sp³-hybridized carbons (Fsp3) is 0.500. The van der Waals surface area contributed by atoms with Crippen molar-refractivity contribution in [3.8, 4) is 11.5 Å². The molecule has 1 aromatic rings. The van der Waals surface area contributed by atoms with Crippen molar-refractivity contribution < 1.29 is 14.3 Å². The Morgan fingerprint density at radius 2 is 2.12 bits per heavy atom. The largest absolute Gasteiger partial charge is 0.487 e. The molecule has 0 aromatic heterocycles. The minimum Gasteiger partial charge on any atom is -0.487 e. The zero-order chi connectivity index (χ0) is 12.6. The van der Waals surface area contributed by atoms with E-state index in [2.05, 4.69) is 13.8 Å². The summed E-state index contributed by atoms with van der Waals surface area (Å²) in [6.07, 6.45) is 2.02. The van der Waals surface area contributed by atoms with E-state index >= 15 is 0 Å². The molecule has 0 fully saturated rings. The average Bonchev–Trinajstić information content (AvgIpc) is 2.13. The quantitative estimate of drug-likeness (QED) is 0.553. The highest BCUT2D eigenvalue weighted by atomic mass is 16.5. The SMILES string of the molecule is CC(=O)Oc1cc(C)c2c(c1)OC(C)(C)CC2. The van der Waals surface area contributed by atoms with Crippen molar-refractivity contribution in [3.05, 3.63) is 23.3 Å². The van der Waals surface area contributed by atoms with Crippen molar-refractivity contribution in [2.24, 2.45) is 0 Å². The van der Waals surface area contributed by atoms with Gasteiger partial charge in [0.15, 0.2) is 0 Å². The Balaban J connectivity index is 2.38. The van der Waals surface area contributed by atoms with E-state index in [4.69, 9.17) is 9.47 Å². The third-order valence-corrected chi connectivity index (χ3v) is 3.03. The van der Waals surface area contributed by atoms with Gasteiger partial charge in [0.2, 0.25) is 0 Å². The number of hydrogen-bond donors (Lipinski definition) is 0. The molecule has 0 spiro atoms. The molecule has 0 N–H and O–H groups in total. The van der Waals surface area contributed by atoms with Crippen LogP contribution in [0.3, 0.4) is 0 Å². The fourth-order valence-corrected chi connectivity index (χ4v) is 2.16. The summed E-state index contributed by atoms with van der Waals surface area (Å²) >= 11 is 0. The zero-order valence-corrected chi connectivity index (χ0v) is 10.8. The number of hydrogen-bond acceptors (Lipinski definition) is 3. The maximum absolute atomic E-state index is 11.0. The van der Waals surface area contributed by atoms with Crippen LogP contribution in [0.25, 0.3) is 0 Å². The molecular weight excluding hydrogens is 216 g/mol. The monoisotopic (exact) mass is 234 g/mol. The van der Waals surface area contributed by atoms with Crippen molar-refractivity contribution >= 4 is 5.97 Å². The maximum atomic E-state index is 11.0. The number of carbonyl (C=O) groups excluding carboxylic acids is 1. The third-order valence-electron chi connectivity index (χ3n) is 3.03. The first kappa shape index (κ1) is 12.0. The highest BCUT2D eigenvalue weighted by Crippen LogP contribution is 2.37. The second-order valence-corrected chi connectivity index (χ2v) is 5.17. The summed E-state index contributed by atoms with van der Waals surface area (Å²) in [5, 5.41) is 0. The highest BCUT2D eigenvalue weighted by Gasteiger charge is 2.28. The Kier molecular flexibility index (Phi) is 2.86. The van der Waals surface area contributed by atoms with Crippen molar-refractivity contribution in [2.45, 2.75) is 46.1 Å². The molecule has 0 unspecified atom stereocenters. The fourth-order valence-electron chi connectivity index (χ4n) is 2.16. The van der Waals surface area contributed by atoms with E-state index in [0.717, 1.165) is 24.2 Å². The molecule has 1 aromatic carbocycles. The molecule has 0 saturated carbocycles. The maximum Gasteiger partial charge on any atom is 0.308 e. The van der Waals surface area contributed by atoms with Gasteiger partial charge in [0, 0.05) is 13.0 Å². The van der Waals surface area contributed by atoms with Crippen LogP contribution in [0.1, 0.15) is 38.3 Å². The van der Waals surface area contributed by atoms with Crippen molar-refractivity contribution in [1.82, 2.24) is 0 Å². The number of carbonyl (C=O) groups is 1. The second-order valence-electron chi connectivity index (χ2n) is 5.17. The number of ether oxygens (including phenoxy) is 2. The molecule has 0 radical (unpaired) electrons. The molecular formula is C14H18O3. The number of benzene rings is 1. The summed E-state index contributed by atoms with van der Waals surface area (Å²) in [5.74, 6) is 1.10. The van der Waals surface area contributed by atoms with Gasteiger partial charge in [-0.3, -0.25) is 4.79 Å². The molecule has 0 aliphatic carbocycles. The molecule has 92 valence electrons. The first-order valence-corrected chi connectivity index (χ1v) is 5.88. The van der Waals surface area contributed by atoms with E-state index in [1.807, 2.05) is 19.1 Å². The minimum absolute atomic E-state index is 0.145. The van der Waals surface area contributed by atoms with Crippen LogP contribution in [-0.4, -0.2) is 11.6 Å². The topological polar surface area (TPSA) is 35.5 Å². The average molecular weight is 234 g/mol. The lowest BCUT2D eigenvalue weighted by Crippen LogP contribution is -2.32. The van der Waals surface area contributed by atoms with Gasteiger partial charge < -0.3 is 9.47 Å². The number of esters is 1. The van der Waals surface area contributed by atoms with E-state index in [1.54, 1.807) is 0 Å². The van der Waals surface area contributed by atoms with Crippen molar-refractivity contribution in [2.75, 3.05) is 0 Å². The smallest absolute Gasteiger partial charge is 0.308 e. The van der Waals surface area contributed by atoms with Gasteiger partial charge in [0.1, 0.15) is 17.1 Å². The predicted octanol–water partition coefficient (Wildman–Crippen LogP) is 3.02. The van der Waals surface area contributed by atoms with Gasteiger partial charge in [-0.1, -0.05) is 0 Å². The van der Waals surface area contributed by atoms with Crippen molar-refractivity contribution in [1.29, 1.82) is 0 Å². The van der Waals surface area contributed by atoms with Crippen LogP contribution >= 0.6 is 0 Å². The Hall–Kier alpha value is -1.51. The lowest BCUT2D eigenvalue weighted by molar-refractivity contribution is -0.131. The van der Waals surface area contributed by atoms with Crippen LogP contribution in [-0.2, 0) is 11.2 Å². The Morgan fingerprint density at radius 1 is 1.41 bits per heavy atom. The zero-order valence-electron chi connectivity index (χ0n) is 10.8. The Morgan fingerprint density at radius 3 is 2.76 bits per heavy atom. The van der Waals surface area contributed by atoms with Gasteiger partial charge >= 0.3 is 5.97 Å². The first-order valence-electron chi connectivity index (χ1n) is 5.88. The molecule has 17 heavy (non-hydrogen) atoms. The van der Waals surface area contributed by atoms with E-state index in [0.29, 0.717) is 5.75 Å². The van der Waals surface area contributed by atoms with E-state index in [-0.39, 0.29) is 11.6 Å². The molecule has 2 rings (SSSR count). The van der Waals surface area contributed by atoms with Gasteiger partial charge in [-0.25, -0.2) is 0 Å². The molecule has 0 bridgehead atoms. The molecule has 0 atom stereocenters. The molecule has 1 aliphatic rings. The molecule has 0 amide bonds. The summed E-state index contributed by atoms with van der Waals surface area (Å²) in [7, 11) is 0. The van der Waals surface area contributed by atoms with Crippen LogP contribution in [0.5, 0.6) is 11.5 Å². The van der Waals surface area contributed by atoms with Crippen molar-refractivity contribution in [3.63, 3.8) is 0 Å². The highest BCUT2D eigenvalue weighted by molar-refractivity contribution is 5.69. The Labute approximate surface area is 102 Å². The summed E-state index contributed by atoms with van der Waals surface area (Å²) in [6, 6.07) is 3.70. The van der Waals surface area contributed by atoms with Gasteiger partial charge in [0.05, 0.1) is 0 Å². The Bertz CT molecular complexity index is 461. The standard InChI is InChI=1S/C14H18O3/c1-9-7-11(16-10(2)15)8-13-12(9)5-6-14(3,4)17-13/h7-8H,5-6H2,1-4H3. The summed E-state index contributed by atoms with van der Waals surface area (Å²) in [6.45, 7) is 7.57. The molecule has 3 heteroatoms. The summed E-state index contributed by atoms with van der Waals surface area (Å²) in [5.41, 5.74) is 2.20. The van der Waals surface area contributed by atoms with Crippen LogP contribution in [0, 0.1) is 6.92 Å². The van der Waals surface area contributed by atoms with E-state index in [9.17, 15) is 4.79 Å². The second kappa shape index (κ2) is 4.06. The first-order chi connectivity index (χ1) is 7.87. The normalized spacial score (nSPS) is 16.9. The molecule has 0 saturated heterocycles. The van der Waals surface area contributed by atoms with Crippen LogP contribution in [0.15, 0.2) is 12.1 Å². The number of rotatable bonds is 1. The summed E-state index contributed by atoms with van der Waals surface area (Å²) < 4.78 is 11.0. The third kappa shape index (κ3) is 2.60. The van der Waals surface area contributed by atoms with Crippen LogP contribution in [0.2, 0.25) is 0 Å².